The summed E-state index contributed by atoms with van der Waals surface area (Å²) >= 11 is 0. The van der Waals surface area contributed by atoms with Gasteiger partial charge in [-0.3, -0.25) is 4.79 Å². The molecule has 3 fully saturated rings. The normalized spacial score (nSPS) is 43.2. The number of amides is 1. The number of nitrogens with zero attached hydrogens (tertiary/aromatic N) is 1. The lowest BCUT2D eigenvalue weighted by Gasteiger charge is -2.37. The Balaban J connectivity index is 2.11. The number of hydrogen-bond acceptors (Lipinski definition) is 3. The van der Waals surface area contributed by atoms with E-state index in [9.17, 15) is 13.2 Å². The molecule has 2 aliphatic carbocycles. The Labute approximate surface area is 109 Å². The van der Waals surface area contributed by atoms with Crippen LogP contribution in [0.1, 0.15) is 46.5 Å². The first-order chi connectivity index (χ1) is 8.26. The number of carbonyl (C=O) groups excluding carboxylic acids is 1. The minimum absolute atomic E-state index is 0.0491. The van der Waals surface area contributed by atoms with Gasteiger partial charge in [-0.2, -0.15) is 0 Å². The molecule has 3 aliphatic rings. The molecular weight excluding hydrogens is 250 g/mol. The third-order valence-corrected chi connectivity index (χ3v) is 7.90. The molecule has 1 heterocycles. The number of rotatable bonds is 1. The van der Waals surface area contributed by atoms with E-state index in [2.05, 4.69) is 13.8 Å². The molecule has 3 unspecified atom stereocenters. The van der Waals surface area contributed by atoms with E-state index >= 15 is 0 Å². The molecule has 0 N–H and O–H groups in total. The topological polar surface area (TPSA) is 54.5 Å². The average Bonchev–Trinajstić information content (AvgIpc) is 2.74. The molecule has 2 bridgehead atoms. The van der Waals surface area contributed by atoms with Crippen LogP contribution in [0.25, 0.3) is 0 Å². The van der Waals surface area contributed by atoms with Gasteiger partial charge >= 0.3 is 0 Å². The molecule has 0 aromatic carbocycles. The van der Waals surface area contributed by atoms with E-state index < -0.39 is 10.0 Å². The number of carbonyl (C=O) groups is 1. The molecule has 1 spiro atoms. The maximum Gasteiger partial charge on any atom is 0.238 e. The van der Waals surface area contributed by atoms with Gasteiger partial charge in [-0.05, 0) is 30.6 Å². The number of hydrogen-bond donors (Lipinski definition) is 0. The molecule has 4 nitrogen and oxygen atoms in total. The van der Waals surface area contributed by atoms with E-state index in [1.54, 1.807) is 6.92 Å². The van der Waals surface area contributed by atoms with Gasteiger partial charge in [0.15, 0.2) is 0 Å². The lowest BCUT2D eigenvalue weighted by atomic mass is 9.69. The van der Waals surface area contributed by atoms with Crippen molar-refractivity contribution in [2.45, 2.75) is 52.5 Å². The summed E-state index contributed by atoms with van der Waals surface area (Å²) in [6.07, 6.45) is 3.23. The van der Waals surface area contributed by atoms with E-state index in [1.807, 2.05) is 0 Å². The third-order valence-electron chi connectivity index (χ3n) is 5.96. The zero-order valence-corrected chi connectivity index (χ0v) is 12.1. The smallest absolute Gasteiger partial charge is 0.238 e. The van der Waals surface area contributed by atoms with Crippen LogP contribution in [-0.4, -0.2) is 30.4 Å². The fourth-order valence-electron chi connectivity index (χ4n) is 4.77. The molecule has 1 saturated heterocycles. The van der Waals surface area contributed by atoms with Gasteiger partial charge in [-0.25, -0.2) is 12.7 Å². The molecule has 2 saturated carbocycles. The fraction of sp³-hybridized carbons (Fsp3) is 0.923. The maximum absolute atomic E-state index is 12.4. The van der Waals surface area contributed by atoms with Crippen molar-refractivity contribution in [1.29, 1.82) is 0 Å². The Bertz CT molecular complexity index is 510. The van der Waals surface area contributed by atoms with Crippen LogP contribution in [0.3, 0.4) is 0 Å². The van der Waals surface area contributed by atoms with E-state index in [1.165, 1.54) is 4.31 Å². The van der Waals surface area contributed by atoms with Crippen LogP contribution in [0.2, 0.25) is 0 Å². The first-order valence-corrected chi connectivity index (χ1v) is 8.42. The van der Waals surface area contributed by atoms with Crippen molar-refractivity contribution in [3.8, 4) is 0 Å². The van der Waals surface area contributed by atoms with Crippen molar-refractivity contribution in [2.75, 3.05) is 5.75 Å². The van der Waals surface area contributed by atoms with E-state index in [4.69, 9.17) is 0 Å². The van der Waals surface area contributed by atoms with Crippen LogP contribution in [0.15, 0.2) is 0 Å². The first-order valence-electron chi connectivity index (χ1n) is 6.81. The van der Waals surface area contributed by atoms with E-state index in [0.29, 0.717) is 5.92 Å². The van der Waals surface area contributed by atoms with Crippen molar-refractivity contribution in [2.24, 2.45) is 16.7 Å². The van der Waals surface area contributed by atoms with Crippen LogP contribution in [-0.2, 0) is 14.8 Å². The molecule has 1 aliphatic heterocycles. The summed E-state index contributed by atoms with van der Waals surface area (Å²) in [6, 6.07) is -0.0660. The van der Waals surface area contributed by atoms with Crippen LogP contribution >= 0.6 is 0 Å². The molecule has 0 aromatic heterocycles. The Kier molecular flexibility index (Phi) is 2.28. The van der Waals surface area contributed by atoms with Crippen molar-refractivity contribution in [3.05, 3.63) is 0 Å². The molecule has 5 heteroatoms. The highest BCUT2D eigenvalue weighted by Crippen LogP contribution is 2.69. The molecule has 102 valence electrons. The van der Waals surface area contributed by atoms with Crippen molar-refractivity contribution in [1.82, 2.24) is 4.31 Å². The SMILES string of the molecule is CCC(=O)N1C2CC3CCC2(CS1(=O)=O)C3(C)C. The largest absolute Gasteiger partial charge is 0.274 e. The molecular formula is C13H21NO3S. The second-order valence-corrected chi connectivity index (χ2v) is 8.51. The third kappa shape index (κ3) is 1.17. The van der Waals surface area contributed by atoms with Crippen molar-refractivity contribution < 1.29 is 13.2 Å². The fourth-order valence-corrected chi connectivity index (χ4v) is 7.39. The second-order valence-electron chi connectivity index (χ2n) is 6.66. The van der Waals surface area contributed by atoms with Gasteiger partial charge in [0.25, 0.3) is 0 Å². The van der Waals surface area contributed by atoms with Gasteiger partial charge in [0.2, 0.25) is 15.9 Å². The van der Waals surface area contributed by atoms with Gasteiger partial charge in [0.05, 0.1) is 11.8 Å². The van der Waals surface area contributed by atoms with Crippen LogP contribution in [0, 0.1) is 16.7 Å². The lowest BCUT2D eigenvalue weighted by molar-refractivity contribution is -0.128. The lowest BCUT2D eigenvalue weighted by Crippen LogP contribution is -2.43. The van der Waals surface area contributed by atoms with Gasteiger partial charge < -0.3 is 0 Å². The average molecular weight is 271 g/mol. The highest BCUT2D eigenvalue weighted by Gasteiger charge is 2.72. The van der Waals surface area contributed by atoms with Gasteiger partial charge in [-0.15, -0.1) is 0 Å². The Morgan fingerprint density at radius 1 is 1.39 bits per heavy atom. The quantitative estimate of drug-likeness (QED) is 0.730. The predicted molar refractivity (Wildman–Crippen MR) is 68.3 cm³/mol. The maximum atomic E-state index is 12.4. The molecule has 3 atom stereocenters. The Morgan fingerprint density at radius 2 is 2.06 bits per heavy atom. The van der Waals surface area contributed by atoms with Crippen molar-refractivity contribution >= 4 is 15.9 Å². The summed E-state index contributed by atoms with van der Waals surface area (Å²) in [5.74, 6) is 0.533. The number of sulfonamides is 1. The molecule has 1 amide bonds. The summed E-state index contributed by atoms with van der Waals surface area (Å²) < 4.78 is 25.9. The van der Waals surface area contributed by atoms with Gasteiger partial charge in [0.1, 0.15) is 0 Å². The van der Waals surface area contributed by atoms with E-state index in [0.717, 1.165) is 19.3 Å². The highest BCUT2D eigenvalue weighted by atomic mass is 32.2. The Hall–Kier alpha value is -0.580. The first kappa shape index (κ1) is 12.5. The van der Waals surface area contributed by atoms with Crippen molar-refractivity contribution in [3.63, 3.8) is 0 Å². The second kappa shape index (κ2) is 3.30. The summed E-state index contributed by atoms with van der Waals surface area (Å²) in [6.45, 7) is 6.13. The monoisotopic (exact) mass is 271 g/mol. The summed E-state index contributed by atoms with van der Waals surface area (Å²) in [4.78, 5) is 12.0. The molecule has 3 rings (SSSR count). The van der Waals surface area contributed by atoms with Crippen LogP contribution in [0.5, 0.6) is 0 Å². The summed E-state index contributed by atoms with van der Waals surface area (Å²) in [7, 11) is -3.39. The minimum atomic E-state index is -3.39. The zero-order valence-electron chi connectivity index (χ0n) is 11.3. The van der Waals surface area contributed by atoms with Crippen LogP contribution in [0.4, 0.5) is 0 Å². The molecule has 18 heavy (non-hydrogen) atoms. The molecule has 0 radical (unpaired) electrons. The van der Waals surface area contributed by atoms with Gasteiger partial charge in [-0.1, -0.05) is 20.8 Å². The number of fused-ring (bicyclic) bond motifs is 1. The zero-order chi connectivity index (χ0) is 13.3. The summed E-state index contributed by atoms with van der Waals surface area (Å²) in [5, 5.41) is 0. The van der Waals surface area contributed by atoms with Crippen LogP contribution < -0.4 is 0 Å². The van der Waals surface area contributed by atoms with E-state index in [-0.39, 0.29) is 35.0 Å². The Morgan fingerprint density at radius 3 is 2.61 bits per heavy atom. The minimum Gasteiger partial charge on any atom is -0.274 e. The molecule has 0 aromatic rings. The standard InChI is InChI=1S/C13H21NO3S/c1-4-11(15)14-10-7-9-5-6-13(10,12(9,2)3)8-18(14,16)17/h9-10H,4-8H2,1-3H3. The summed E-state index contributed by atoms with van der Waals surface area (Å²) in [5.41, 5.74) is -0.130. The van der Waals surface area contributed by atoms with Gasteiger partial charge in [0, 0.05) is 11.8 Å². The highest BCUT2D eigenvalue weighted by molar-refractivity contribution is 7.90. The predicted octanol–water partition coefficient (Wildman–Crippen LogP) is 1.76.